The third-order valence-electron chi connectivity index (χ3n) is 4.70. The van der Waals surface area contributed by atoms with Gasteiger partial charge in [0.2, 0.25) is 0 Å². The Morgan fingerprint density at radius 3 is 2.39 bits per heavy atom. The number of phenols is 2. The van der Waals surface area contributed by atoms with Crippen LogP contribution in [0.25, 0.3) is 16.9 Å². The minimum absolute atomic E-state index is 0.00423. The molecule has 0 atom stereocenters. The molecule has 140 valence electrons. The van der Waals surface area contributed by atoms with E-state index in [9.17, 15) is 10.2 Å². The highest BCUT2D eigenvalue weighted by Gasteiger charge is 2.15. The lowest BCUT2D eigenvalue weighted by atomic mass is 10.00. The zero-order valence-electron chi connectivity index (χ0n) is 15.4. The summed E-state index contributed by atoms with van der Waals surface area (Å²) in [7, 11) is 1.63. The second-order valence-corrected chi connectivity index (χ2v) is 6.51. The number of benzene rings is 3. The number of hydrogen-bond acceptors (Lipinski definition) is 4. The Labute approximate surface area is 163 Å². The van der Waals surface area contributed by atoms with Gasteiger partial charge in [0.15, 0.2) is 0 Å². The number of aromatic hydroxyl groups is 2. The maximum absolute atomic E-state index is 10.5. The molecule has 5 nitrogen and oxygen atoms in total. The Balaban J connectivity index is 1.75. The van der Waals surface area contributed by atoms with Gasteiger partial charge in [0.05, 0.1) is 25.3 Å². The van der Waals surface area contributed by atoms with Crippen molar-refractivity contribution in [2.75, 3.05) is 7.11 Å². The van der Waals surface area contributed by atoms with Gasteiger partial charge < -0.3 is 14.9 Å². The van der Waals surface area contributed by atoms with E-state index >= 15 is 0 Å². The molecular weight excluding hydrogens is 352 g/mol. The van der Waals surface area contributed by atoms with E-state index in [1.54, 1.807) is 19.6 Å². The van der Waals surface area contributed by atoms with Gasteiger partial charge in [-0.2, -0.15) is 0 Å². The Hall–Kier alpha value is -3.73. The van der Waals surface area contributed by atoms with Crippen LogP contribution in [0.15, 0.2) is 79.3 Å². The van der Waals surface area contributed by atoms with Crippen LogP contribution in [0, 0.1) is 0 Å². The minimum atomic E-state index is 0.00423. The highest BCUT2D eigenvalue weighted by Crippen LogP contribution is 2.36. The number of hydrogen-bond donors (Lipinski definition) is 2. The summed E-state index contributed by atoms with van der Waals surface area (Å²) < 4.78 is 7.10. The van der Waals surface area contributed by atoms with Gasteiger partial charge in [-0.25, -0.2) is 4.98 Å². The first kappa shape index (κ1) is 17.7. The molecule has 0 bridgehead atoms. The summed E-state index contributed by atoms with van der Waals surface area (Å²) in [6.45, 7) is 0. The van der Waals surface area contributed by atoms with Crippen molar-refractivity contribution in [2.45, 2.75) is 6.42 Å². The van der Waals surface area contributed by atoms with Crippen molar-refractivity contribution in [3.63, 3.8) is 0 Å². The van der Waals surface area contributed by atoms with Gasteiger partial charge in [-0.1, -0.05) is 30.3 Å². The van der Waals surface area contributed by atoms with Gasteiger partial charge >= 0.3 is 0 Å². The molecule has 0 aliphatic heterocycles. The van der Waals surface area contributed by atoms with Gasteiger partial charge in [0.1, 0.15) is 17.2 Å². The quantitative estimate of drug-likeness (QED) is 0.539. The first-order chi connectivity index (χ1) is 13.7. The second kappa shape index (κ2) is 7.48. The molecule has 0 unspecified atom stereocenters. The molecule has 0 spiro atoms. The highest BCUT2D eigenvalue weighted by atomic mass is 16.5. The van der Waals surface area contributed by atoms with E-state index in [0.717, 1.165) is 28.3 Å². The topological polar surface area (TPSA) is 67.5 Å². The van der Waals surface area contributed by atoms with Crippen LogP contribution in [0.1, 0.15) is 11.1 Å². The van der Waals surface area contributed by atoms with E-state index in [-0.39, 0.29) is 11.5 Å². The third kappa shape index (κ3) is 3.42. The van der Waals surface area contributed by atoms with Crippen LogP contribution in [-0.2, 0) is 6.42 Å². The average molecular weight is 372 g/mol. The summed E-state index contributed by atoms with van der Waals surface area (Å²) in [4.78, 5) is 4.25. The van der Waals surface area contributed by atoms with Gasteiger partial charge in [0, 0.05) is 23.7 Å². The predicted molar refractivity (Wildman–Crippen MR) is 108 cm³/mol. The smallest absolute Gasteiger partial charge is 0.128 e. The minimum Gasteiger partial charge on any atom is -0.508 e. The van der Waals surface area contributed by atoms with Gasteiger partial charge in [-0.05, 0) is 41.5 Å². The van der Waals surface area contributed by atoms with Crippen LogP contribution in [0.5, 0.6) is 17.2 Å². The van der Waals surface area contributed by atoms with Crippen LogP contribution < -0.4 is 4.74 Å². The fourth-order valence-electron chi connectivity index (χ4n) is 3.23. The molecule has 1 aromatic heterocycles. The van der Waals surface area contributed by atoms with Crippen molar-refractivity contribution < 1.29 is 14.9 Å². The molecule has 0 aliphatic carbocycles. The maximum atomic E-state index is 10.5. The Morgan fingerprint density at radius 1 is 0.929 bits per heavy atom. The van der Waals surface area contributed by atoms with E-state index in [1.165, 1.54) is 6.07 Å². The van der Waals surface area contributed by atoms with Crippen LogP contribution in [0.3, 0.4) is 0 Å². The zero-order valence-corrected chi connectivity index (χ0v) is 15.4. The number of phenolic OH excluding ortho intramolecular Hbond substituents is 2. The van der Waals surface area contributed by atoms with E-state index in [2.05, 4.69) is 4.98 Å². The van der Waals surface area contributed by atoms with Crippen molar-refractivity contribution in [3.05, 3.63) is 90.4 Å². The monoisotopic (exact) mass is 372 g/mol. The Kier molecular flexibility index (Phi) is 4.72. The van der Waals surface area contributed by atoms with Crippen molar-refractivity contribution in [1.82, 2.24) is 9.55 Å². The Bertz CT molecular complexity index is 1090. The molecule has 5 heteroatoms. The van der Waals surface area contributed by atoms with Crippen LogP contribution in [0.2, 0.25) is 0 Å². The van der Waals surface area contributed by atoms with Crippen LogP contribution in [0.4, 0.5) is 0 Å². The standard InChI is InChI=1S/C23H20N2O3/c1-28-19-9-7-18(8-10-19)25-15-24-14-21(25)20-12-17(22(26)13-23(20)27)11-16-5-3-2-4-6-16/h2-10,12-15,26-27H,11H2,1H3. The molecule has 0 amide bonds. The third-order valence-corrected chi connectivity index (χ3v) is 4.70. The summed E-state index contributed by atoms with van der Waals surface area (Å²) >= 11 is 0. The van der Waals surface area contributed by atoms with Gasteiger partial charge in [0.25, 0.3) is 0 Å². The molecule has 3 aromatic carbocycles. The summed E-state index contributed by atoms with van der Waals surface area (Å²) in [5.74, 6) is 0.841. The molecule has 0 radical (unpaired) electrons. The number of aromatic nitrogens is 2. The first-order valence-corrected chi connectivity index (χ1v) is 8.91. The van der Waals surface area contributed by atoms with E-state index in [0.29, 0.717) is 12.0 Å². The molecule has 2 N–H and O–H groups in total. The maximum Gasteiger partial charge on any atom is 0.128 e. The van der Waals surface area contributed by atoms with Crippen molar-refractivity contribution in [1.29, 1.82) is 0 Å². The summed E-state index contributed by atoms with van der Waals surface area (Å²) in [5.41, 5.74) is 4.05. The average Bonchev–Trinajstić information content (AvgIpc) is 3.20. The molecule has 0 aliphatic rings. The number of methoxy groups -OCH3 is 1. The van der Waals surface area contributed by atoms with Crippen molar-refractivity contribution in [3.8, 4) is 34.2 Å². The van der Waals surface area contributed by atoms with Gasteiger partial charge in [-0.15, -0.1) is 0 Å². The van der Waals surface area contributed by atoms with Crippen LogP contribution in [-0.4, -0.2) is 26.9 Å². The zero-order chi connectivity index (χ0) is 19.5. The van der Waals surface area contributed by atoms with E-state index < -0.39 is 0 Å². The van der Waals surface area contributed by atoms with Crippen molar-refractivity contribution in [2.24, 2.45) is 0 Å². The van der Waals surface area contributed by atoms with E-state index in [4.69, 9.17) is 4.74 Å². The number of imidazole rings is 1. The van der Waals surface area contributed by atoms with Crippen molar-refractivity contribution >= 4 is 0 Å². The number of nitrogens with zero attached hydrogens (tertiary/aromatic N) is 2. The SMILES string of the molecule is COc1ccc(-n2cncc2-c2cc(Cc3ccccc3)c(O)cc2O)cc1. The molecule has 0 saturated heterocycles. The normalized spacial score (nSPS) is 10.8. The molecule has 0 fully saturated rings. The summed E-state index contributed by atoms with van der Waals surface area (Å²) in [6.07, 6.45) is 3.96. The highest BCUT2D eigenvalue weighted by molar-refractivity contribution is 5.71. The molecule has 1 heterocycles. The number of rotatable bonds is 5. The molecule has 0 saturated carbocycles. The second-order valence-electron chi connectivity index (χ2n) is 6.51. The van der Waals surface area contributed by atoms with Crippen LogP contribution >= 0.6 is 0 Å². The number of ether oxygens (including phenoxy) is 1. The van der Waals surface area contributed by atoms with Gasteiger partial charge in [-0.3, -0.25) is 4.57 Å². The predicted octanol–water partition coefficient (Wildman–Crippen LogP) is 4.55. The molecule has 28 heavy (non-hydrogen) atoms. The summed E-state index contributed by atoms with van der Waals surface area (Å²) in [5, 5.41) is 20.8. The fraction of sp³-hybridized carbons (Fsp3) is 0.0870. The summed E-state index contributed by atoms with van der Waals surface area (Å²) in [6, 6.07) is 20.7. The first-order valence-electron chi connectivity index (χ1n) is 8.91. The lowest BCUT2D eigenvalue weighted by molar-refractivity contribution is 0.414. The Morgan fingerprint density at radius 2 is 1.68 bits per heavy atom. The molecular formula is C23H20N2O3. The van der Waals surface area contributed by atoms with E-state index in [1.807, 2.05) is 65.2 Å². The molecule has 4 rings (SSSR count). The lowest BCUT2D eigenvalue weighted by Crippen LogP contribution is -1.97. The fourth-order valence-corrected chi connectivity index (χ4v) is 3.23. The molecule has 4 aromatic rings. The lowest BCUT2D eigenvalue weighted by Gasteiger charge is -2.13. The largest absolute Gasteiger partial charge is 0.508 e.